The van der Waals surface area contributed by atoms with E-state index in [0.717, 1.165) is 70.6 Å². The van der Waals surface area contributed by atoms with Crippen molar-refractivity contribution in [1.82, 2.24) is 0 Å². The molecular weight excluding hydrogens is 617 g/mol. The van der Waals surface area contributed by atoms with E-state index < -0.39 is 5.97 Å². The predicted molar refractivity (Wildman–Crippen MR) is 218 cm³/mol. The molecule has 0 aliphatic carbocycles. The molecule has 0 bridgehead atoms. The number of ether oxygens (including phenoxy) is 1. The van der Waals surface area contributed by atoms with Crippen molar-refractivity contribution in [3.05, 3.63) is 24.3 Å². The van der Waals surface area contributed by atoms with E-state index >= 15 is 0 Å². The van der Waals surface area contributed by atoms with Gasteiger partial charge in [0, 0.05) is 12.8 Å². The molecular formula is C46H86O4. The monoisotopic (exact) mass is 703 g/mol. The van der Waals surface area contributed by atoms with Crippen LogP contribution in [0.25, 0.3) is 0 Å². The van der Waals surface area contributed by atoms with Crippen molar-refractivity contribution in [2.75, 3.05) is 0 Å². The van der Waals surface area contributed by atoms with Crippen LogP contribution in [0, 0.1) is 0 Å². The average Bonchev–Trinajstić information content (AvgIpc) is 3.10. The van der Waals surface area contributed by atoms with Crippen molar-refractivity contribution in [2.45, 2.75) is 258 Å². The quantitative estimate of drug-likeness (QED) is 0.0391. The maximum atomic E-state index is 12.6. The van der Waals surface area contributed by atoms with Gasteiger partial charge in [-0.3, -0.25) is 9.59 Å². The van der Waals surface area contributed by atoms with Gasteiger partial charge in [-0.1, -0.05) is 212 Å². The zero-order valence-corrected chi connectivity index (χ0v) is 33.7. The molecule has 1 atom stereocenters. The van der Waals surface area contributed by atoms with E-state index in [1.807, 2.05) is 0 Å². The van der Waals surface area contributed by atoms with E-state index in [4.69, 9.17) is 9.84 Å². The molecule has 0 saturated carbocycles. The van der Waals surface area contributed by atoms with E-state index in [9.17, 15) is 9.59 Å². The Morgan fingerprint density at radius 1 is 0.460 bits per heavy atom. The number of aliphatic carboxylic acids is 1. The Hall–Kier alpha value is -1.58. The summed E-state index contributed by atoms with van der Waals surface area (Å²) in [6, 6.07) is 0. The van der Waals surface area contributed by atoms with Crippen LogP contribution in [-0.4, -0.2) is 23.1 Å². The molecule has 1 N–H and O–H groups in total. The minimum Gasteiger partial charge on any atom is -0.481 e. The Balaban J connectivity index is 3.82. The molecule has 0 fully saturated rings. The average molecular weight is 703 g/mol. The van der Waals surface area contributed by atoms with Crippen molar-refractivity contribution in [1.29, 1.82) is 0 Å². The van der Waals surface area contributed by atoms with Gasteiger partial charge in [0.25, 0.3) is 0 Å². The molecule has 0 aromatic rings. The van der Waals surface area contributed by atoms with Crippen LogP contribution in [0.15, 0.2) is 24.3 Å². The lowest BCUT2D eigenvalue weighted by molar-refractivity contribution is -0.147. The predicted octanol–water partition coefficient (Wildman–Crippen LogP) is 15.6. The zero-order chi connectivity index (χ0) is 36.4. The highest BCUT2D eigenvalue weighted by atomic mass is 16.5. The Labute approximate surface area is 312 Å². The van der Waals surface area contributed by atoms with E-state index in [2.05, 4.69) is 38.2 Å². The van der Waals surface area contributed by atoms with Crippen LogP contribution in [0.5, 0.6) is 0 Å². The molecule has 1 unspecified atom stereocenters. The number of hydrogen-bond acceptors (Lipinski definition) is 3. The molecule has 4 heteroatoms. The molecule has 0 heterocycles. The van der Waals surface area contributed by atoms with Crippen LogP contribution in [-0.2, 0) is 14.3 Å². The van der Waals surface area contributed by atoms with E-state index in [1.165, 1.54) is 154 Å². The Morgan fingerprint density at radius 3 is 1.28 bits per heavy atom. The van der Waals surface area contributed by atoms with Crippen molar-refractivity contribution in [2.24, 2.45) is 0 Å². The number of rotatable bonds is 41. The first-order chi connectivity index (χ1) is 24.6. The van der Waals surface area contributed by atoms with Gasteiger partial charge in [-0.25, -0.2) is 0 Å². The summed E-state index contributed by atoms with van der Waals surface area (Å²) in [4.78, 5) is 23.3. The summed E-state index contributed by atoms with van der Waals surface area (Å²) in [5, 5.41) is 8.78. The number of allylic oxidation sites excluding steroid dienone is 3. The van der Waals surface area contributed by atoms with E-state index in [1.54, 1.807) is 0 Å². The van der Waals surface area contributed by atoms with Crippen molar-refractivity contribution < 1.29 is 19.4 Å². The van der Waals surface area contributed by atoms with Gasteiger partial charge in [-0.15, -0.1) is 0 Å². The molecule has 50 heavy (non-hydrogen) atoms. The number of carbonyl (C=O) groups excluding carboxylic acids is 1. The van der Waals surface area contributed by atoms with Gasteiger partial charge >= 0.3 is 11.9 Å². The van der Waals surface area contributed by atoms with Crippen LogP contribution < -0.4 is 0 Å². The molecule has 0 amide bonds. The van der Waals surface area contributed by atoms with Gasteiger partial charge in [0.2, 0.25) is 0 Å². The van der Waals surface area contributed by atoms with Crippen molar-refractivity contribution in [3.63, 3.8) is 0 Å². The highest BCUT2D eigenvalue weighted by molar-refractivity contribution is 5.69. The third-order valence-corrected chi connectivity index (χ3v) is 10.2. The number of carboxylic acid groups (broad SMARTS) is 1. The minimum absolute atomic E-state index is 0.0491. The number of carboxylic acids is 1. The molecule has 0 aromatic heterocycles. The summed E-state index contributed by atoms with van der Waals surface area (Å²) in [5.74, 6) is -0.750. The molecule has 0 aliphatic heterocycles. The fourth-order valence-corrected chi connectivity index (χ4v) is 6.84. The van der Waals surface area contributed by atoms with Crippen LogP contribution >= 0.6 is 0 Å². The number of esters is 1. The Morgan fingerprint density at radius 2 is 0.840 bits per heavy atom. The summed E-state index contributed by atoms with van der Waals surface area (Å²) in [5.41, 5.74) is 0. The molecule has 0 aliphatic rings. The van der Waals surface area contributed by atoms with E-state index in [-0.39, 0.29) is 18.5 Å². The van der Waals surface area contributed by atoms with Crippen LogP contribution in [0.3, 0.4) is 0 Å². The summed E-state index contributed by atoms with van der Waals surface area (Å²) in [7, 11) is 0. The summed E-state index contributed by atoms with van der Waals surface area (Å²) < 4.78 is 5.92. The summed E-state index contributed by atoms with van der Waals surface area (Å²) in [6.45, 7) is 4.53. The topological polar surface area (TPSA) is 63.6 Å². The number of unbranched alkanes of at least 4 members (excludes halogenated alkanes) is 30. The van der Waals surface area contributed by atoms with Gasteiger partial charge in [0.15, 0.2) is 0 Å². The van der Waals surface area contributed by atoms with Crippen LogP contribution in [0.2, 0.25) is 0 Å². The molecule has 294 valence electrons. The lowest BCUT2D eigenvalue weighted by Gasteiger charge is -2.14. The van der Waals surface area contributed by atoms with Crippen LogP contribution in [0.4, 0.5) is 0 Å². The largest absolute Gasteiger partial charge is 0.481 e. The first-order valence-electron chi connectivity index (χ1n) is 22.3. The van der Waals surface area contributed by atoms with Crippen molar-refractivity contribution >= 4 is 11.9 Å². The van der Waals surface area contributed by atoms with Gasteiger partial charge in [0.1, 0.15) is 6.10 Å². The molecule has 4 nitrogen and oxygen atoms in total. The van der Waals surface area contributed by atoms with Gasteiger partial charge in [-0.05, 0) is 51.0 Å². The zero-order valence-electron chi connectivity index (χ0n) is 33.7. The van der Waals surface area contributed by atoms with Crippen LogP contribution in [0.1, 0.15) is 251 Å². The second-order valence-electron chi connectivity index (χ2n) is 15.2. The van der Waals surface area contributed by atoms with Gasteiger partial charge in [0.05, 0.1) is 0 Å². The van der Waals surface area contributed by atoms with E-state index in [0.29, 0.717) is 6.42 Å². The molecule has 0 rings (SSSR count). The fraction of sp³-hybridized carbons (Fsp3) is 0.870. The highest BCUT2D eigenvalue weighted by Crippen LogP contribution is 2.17. The normalized spacial score (nSPS) is 12.4. The maximum Gasteiger partial charge on any atom is 0.306 e. The molecule has 0 saturated heterocycles. The second kappa shape index (κ2) is 41.8. The third-order valence-electron chi connectivity index (χ3n) is 10.2. The Kier molecular flexibility index (Phi) is 40.5. The second-order valence-corrected chi connectivity index (χ2v) is 15.2. The smallest absolute Gasteiger partial charge is 0.306 e. The standard InChI is InChI=1S/C46H86O4/c1-3-5-7-9-11-13-14-15-16-17-18-19-20-21-22-23-24-25-26-27-29-35-39-43-46(49)50-44(40-36-32-28-12-10-8-6-4-2)41-37-33-30-31-34-38-42-45(47)48/h12,28,36,40,44H,3-11,13-27,29-35,37-39,41-43H2,1-2H3,(H,47,48)/b28-12-,40-36-. The summed E-state index contributed by atoms with van der Waals surface area (Å²) >= 11 is 0. The summed E-state index contributed by atoms with van der Waals surface area (Å²) in [6.07, 6.45) is 53.9. The minimum atomic E-state index is -0.701. The van der Waals surface area contributed by atoms with Gasteiger partial charge in [-0.2, -0.15) is 0 Å². The maximum absolute atomic E-state index is 12.6. The fourth-order valence-electron chi connectivity index (χ4n) is 6.84. The SMILES string of the molecule is CCCCC/C=C\C/C=C\C(CCCCCCCCC(=O)O)OC(=O)CCCCCCCCCCCCCCCCCCCCCCCCC. The first kappa shape index (κ1) is 48.4. The highest BCUT2D eigenvalue weighted by Gasteiger charge is 2.11. The molecule has 0 spiro atoms. The lowest BCUT2D eigenvalue weighted by atomic mass is 10.0. The number of carbonyl (C=O) groups is 2. The molecule has 0 radical (unpaired) electrons. The lowest BCUT2D eigenvalue weighted by Crippen LogP contribution is -2.16. The van der Waals surface area contributed by atoms with Crippen molar-refractivity contribution in [3.8, 4) is 0 Å². The third kappa shape index (κ3) is 40.8. The first-order valence-corrected chi connectivity index (χ1v) is 22.3. The Bertz CT molecular complexity index is 757. The number of hydrogen-bond donors (Lipinski definition) is 1. The molecule has 0 aromatic carbocycles. The van der Waals surface area contributed by atoms with Gasteiger partial charge < -0.3 is 9.84 Å².